The Bertz CT molecular complexity index is 319. The van der Waals surface area contributed by atoms with Crippen LogP contribution in [-0.2, 0) is 16.1 Å². The van der Waals surface area contributed by atoms with E-state index in [-0.39, 0.29) is 12.0 Å². The van der Waals surface area contributed by atoms with Crippen LogP contribution in [0.15, 0.2) is 16.5 Å². The maximum absolute atomic E-state index is 11.3. The van der Waals surface area contributed by atoms with Gasteiger partial charge >= 0.3 is 5.97 Å². The van der Waals surface area contributed by atoms with E-state index in [0.29, 0.717) is 13.2 Å². The number of ether oxygens (including phenoxy) is 1. The molecule has 4 nitrogen and oxygen atoms in total. The molecular weight excluding hydrogens is 194 g/mol. The summed E-state index contributed by atoms with van der Waals surface area (Å²) in [7, 11) is 0. The van der Waals surface area contributed by atoms with E-state index < -0.39 is 0 Å². The molecule has 0 aliphatic carbocycles. The Balaban J connectivity index is 2.33. The van der Waals surface area contributed by atoms with Crippen LogP contribution in [0, 0.1) is 6.92 Å². The third-order valence-electron chi connectivity index (χ3n) is 2.02. The number of rotatable bonds is 5. The highest BCUT2D eigenvalue weighted by molar-refractivity contribution is 5.75. The van der Waals surface area contributed by atoms with Crippen molar-refractivity contribution in [2.45, 2.75) is 33.4 Å². The van der Waals surface area contributed by atoms with E-state index in [4.69, 9.17) is 9.15 Å². The van der Waals surface area contributed by atoms with Gasteiger partial charge in [0.05, 0.1) is 13.2 Å². The molecule has 4 heteroatoms. The van der Waals surface area contributed by atoms with Crippen molar-refractivity contribution < 1.29 is 13.9 Å². The lowest BCUT2D eigenvalue weighted by Gasteiger charge is -2.10. The molecule has 1 unspecified atom stereocenters. The van der Waals surface area contributed by atoms with Crippen molar-refractivity contribution in [2.75, 3.05) is 6.61 Å². The van der Waals surface area contributed by atoms with Gasteiger partial charge in [-0.3, -0.25) is 10.1 Å². The molecule has 1 aromatic heterocycles. The van der Waals surface area contributed by atoms with Crippen LogP contribution in [0.4, 0.5) is 0 Å². The zero-order valence-corrected chi connectivity index (χ0v) is 9.37. The Kier molecular flexibility index (Phi) is 4.37. The second kappa shape index (κ2) is 5.56. The average molecular weight is 211 g/mol. The van der Waals surface area contributed by atoms with Crippen LogP contribution in [-0.4, -0.2) is 18.6 Å². The van der Waals surface area contributed by atoms with Gasteiger partial charge in [0, 0.05) is 0 Å². The van der Waals surface area contributed by atoms with Crippen molar-refractivity contribution in [3.8, 4) is 0 Å². The second-order valence-electron chi connectivity index (χ2n) is 3.37. The Morgan fingerprint density at radius 3 is 2.87 bits per heavy atom. The van der Waals surface area contributed by atoms with E-state index in [0.717, 1.165) is 11.5 Å². The first-order valence-electron chi connectivity index (χ1n) is 5.08. The summed E-state index contributed by atoms with van der Waals surface area (Å²) in [5.74, 6) is 1.46. The molecule has 0 radical (unpaired) electrons. The van der Waals surface area contributed by atoms with Crippen molar-refractivity contribution in [3.05, 3.63) is 23.7 Å². The zero-order valence-electron chi connectivity index (χ0n) is 9.37. The average Bonchev–Trinajstić information content (AvgIpc) is 2.61. The molecule has 0 spiro atoms. The van der Waals surface area contributed by atoms with Crippen LogP contribution in [0.5, 0.6) is 0 Å². The topological polar surface area (TPSA) is 51.5 Å². The van der Waals surface area contributed by atoms with Gasteiger partial charge in [0.15, 0.2) is 0 Å². The van der Waals surface area contributed by atoms with Gasteiger partial charge in [-0.2, -0.15) is 0 Å². The molecule has 0 fully saturated rings. The highest BCUT2D eigenvalue weighted by atomic mass is 16.5. The van der Waals surface area contributed by atoms with Crippen LogP contribution >= 0.6 is 0 Å². The van der Waals surface area contributed by atoms with Crippen molar-refractivity contribution in [3.63, 3.8) is 0 Å². The lowest BCUT2D eigenvalue weighted by Crippen LogP contribution is -2.34. The Morgan fingerprint density at radius 2 is 2.33 bits per heavy atom. The SMILES string of the molecule is CCOC(=O)C(C)NCc1ccc(C)o1. The standard InChI is InChI=1S/C11H17NO3/c1-4-14-11(13)9(3)12-7-10-6-5-8(2)15-10/h5-6,9,12H,4,7H2,1-3H3. The van der Waals surface area contributed by atoms with Gasteiger partial charge in [-0.05, 0) is 32.9 Å². The molecule has 15 heavy (non-hydrogen) atoms. The largest absolute Gasteiger partial charge is 0.465 e. The molecule has 0 amide bonds. The number of esters is 1. The molecule has 1 heterocycles. The van der Waals surface area contributed by atoms with E-state index in [1.807, 2.05) is 19.1 Å². The number of hydrogen-bond donors (Lipinski definition) is 1. The summed E-state index contributed by atoms with van der Waals surface area (Å²) in [5, 5.41) is 3.03. The van der Waals surface area contributed by atoms with Crippen LogP contribution < -0.4 is 5.32 Å². The minimum atomic E-state index is -0.310. The number of carbonyl (C=O) groups is 1. The number of hydrogen-bond acceptors (Lipinski definition) is 4. The smallest absolute Gasteiger partial charge is 0.322 e. The summed E-state index contributed by atoms with van der Waals surface area (Å²) >= 11 is 0. The molecule has 0 bridgehead atoms. The number of nitrogens with one attached hydrogen (secondary N) is 1. The van der Waals surface area contributed by atoms with Crippen molar-refractivity contribution in [1.29, 1.82) is 0 Å². The van der Waals surface area contributed by atoms with Gasteiger partial charge in [0.1, 0.15) is 17.6 Å². The molecule has 1 aromatic rings. The lowest BCUT2D eigenvalue weighted by molar-refractivity contribution is -0.145. The first kappa shape index (κ1) is 11.8. The van der Waals surface area contributed by atoms with E-state index in [2.05, 4.69) is 5.32 Å². The van der Waals surface area contributed by atoms with Gasteiger partial charge in [0.25, 0.3) is 0 Å². The van der Waals surface area contributed by atoms with E-state index >= 15 is 0 Å². The van der Waals surface area contributed by atoms with Gasteiger partial charge in [0.2, 0.25) is 0 Å². The first-order valence-corrected chi connectivity index (χ1v) is 5.08. The molecule has 0 saturated heterocycles. The summed E-state index contributed by atoms with van der Waals surface area (Å²) in [6.07, 6.45) is 0. The summed E-state index contributed by atoms with van der Waals surface area (Å²) in [5.41, 5.74) is 0. The quantitative estimate of drug-likeness (QED) is 0.752. The monoisotopic (exact) mass is 211 g/mol. The molecule has 0 aliphatic rings. The predicted octanol–water partition coefficient (Wildman–Crippen LogP) is 1.63. The number of aryl methyl sites for hydroxylation is 1. The fraction of sp³-hybridized carbons (Fsp3) is 0.545. The van der Waals surface area contributed by atoms with Crippen LogP contribution in [0.3, 0.4) is 0 Å². The first-order chi connectivity index (χ1) is 7.13. The van der Waals surface area contributed by atoms with Gasteiger partial charge in [-0.1, -0.05) is 0 Å². The minimum Gasteiger partial charge on any atom is -0.465 e. The maximum Gasteiger partial charge on any atom is 0.322 e. The highest BCUT2D eigenvalue weighted by Crippen LogP contribution is 2.05. The van der Waals surface area contributed by atoms with Gasteiger partial charge in [-0.15, -0.1) is 0 Å². The van der Waals surface area contributed by atoms with Crippen molar-refractivity contribution >= 4 is 5.97 Å². The third kappa shape index (κ3) is 3.75. The normalized spacial score (nSPS) is 12.5. The Labute approximate surface area is 89.6 Å². The molecule has 84 valence electrons. The fourth-order valence-electron chi connectivity index (χ4n) is 1.18. The molecular formula is C11H17NO3. The second-order valence-corrected chi connectivity index (χ2v) is 3.37. The van der Waals surface area contributed by atoms with Gasteiger partial charge in [-0.25, -0.2) is 0 Å². The Hall–Kier alpha value is -1.29. The van der Waals surface area contributed by atoms with Crippen molar-refractivity contribution in [1.82, 2.24) is 5.32 Å². The molecule has 1 rings (SSSR count). The lowest BCUT2D eigenvalue weighted by atomic mass is 10.3. The minimum absolute atomic E-state index is 0.235. The molecule has 0 aliphatic heterocycles. The fourth-order valence-corrected chi connectivity index (χ4v) is 1.18. The van der Waals surface area contributed by atoms with Crippen LogP contribution in [0.25, 0.3) is 0 Å². The number of furan rings is 1. The maximum atomic E-state index is 11.3. The van der Waals surface area contributed by atoms with Crippen LogP contribution in [0.2, 0.25) is 0 Å². The molecule has 0 aromatic carbocycles. The summed E-state index contributed by atoms with van der Waals surface area (Å²) in [6, 6.07) is 3.47. The highest BCUT2D eigenvalue weighted by Gasteiger charge is 2.13. The Morgan fingerprint density at radius 1 is 1.60 bits per heavy atom. The molecule has 1 N–H and O–H groups in total. The summed E-state index contributed by atoms with van der Waals surface area (Å²) < 4.78 is 10.2. The van der Waals surface area contributed by atoms with Crippen LogP contribution in [0.1, 0.15) is 25.4 Å². The number of carbonyl (C=O) groups excluding carboxylic acids is 1. The predicted molar refractivity (Wildman–Crippen MR) is 56.4 cm³/mol. The van der Waals surface area contributed by atoms with E-state index in [1.165, 1.54) is 0 Å². The van der Waals surface area contributed by atoms with E-state index in [9.17, 15) is 4.79 Å². The molecule has 1 atom stereocenters. The van der Waals surface area contributed by atoms with Crippen molar-refractivity contribution in [2.24, 2.45) is 0 Å². The zero-order chi connectivity index (χ0) is 11.3. The summed E-state index contributed by atoms with van der Waals surface area (Å²) in [6.45, 7) is 6.39. The summed E-state index contributed by atoms with van der Waals surface area (Å²) in [4.78, 5) is 11.3. The molecule has 0 saturated carbocycles. The third-order valence-corrected chi connectivity index (χ3v) is 2.02. The van der Waals surface area contributed by atoms with E-state index in [1.54, 1.807) is 13.8 Å². The van der Waals surface area contributed by atoms with Gasteiger partial charge < -0.3 is 9.15 Å².